The number of aromatic amines is 2. The van der Waals surface area contributed by atoms with E-state index in [-0.39, 0.29) is 70.8 Å². The van der Waals surface area contributed by atoms with Crippen LogP contribution in [-0.4, -0.2) is 164 Å². The number of ether oxygens (including phenoxy) is 4. The zero-order valence-electron chi connectivity index (χ0n) is 50.1. The highest BCUT2D eigenvalue weighted by atomic mass is 31.2. The summed E-state index contributed by atoms with van der Waals surface area (Å²) in [5.74, 6) is -0.894. The topological polar surface area (TPSA) is 622 Å². The normalized spacial score (nSPS) is 27.5. The number of H-pyrrole nitrogens is 2. The predicted octanol–water partition coefficient (Wildman–Crippen LogP) is -3.53. The molecule has 6 aromatic heterocycles. The Balaban J connectivity index is 0.817. The highest BCUT2D eigenvalue weighted by molar-refractivity contribution is 7.46. The molecule has 0 spiro atoms. The fourth-order valence-electron chi connectivity index (χ4n) is 10.5. The number of nitrogens with one attached hydrogen (secondary N) is 3. The summed E-state index contributed by atoms with van der Waals surface area (Å²) in [4.78, 5) is 145. The lowest BCUT2D eigenvalue weighted by atomic mass is 10.2. The van der Waals surface area contributed by atoms with E-state index in [0.29, 0.717) is 25.8 Å². The SMILES string of the molecule is Cc1cn([C@H]2C[C@H](O)[C@@H](COP(=O)([O-])O[C@H]3C[C@H](n4ccc(N)nc4=O)O[C@@H]3COP(=O)([O-])O[C@H]3C[C@H](n4cnc5c(N)ncnc54)O[C@@H]3COP(=O)([O-])O[C@H]3C[C@H](n4cnc5c(=O)[nH]c(N)nc54)O[C@@H]3COP(=O)([O-])OCCCCCCNC(=O)[C@H](C)N)O2)c(=O)[nH]c1=O. The predicted molar refractivity (Wildman–Crippen MR) is 311 cm³/mol. The van der Waals surface area contributed by atoms with Crippen molar-refractivity contribution in [3.63, 3.8) is 0 Å². The molecule has 4 unspecified atom stereocenters. The molecule has 0 aliphatic carbocycles. The van der Waals surface area contributed by atoms with Gasteiger partial charge in [-0.3, -0.25) is 60.9 Å². The second-order valence-electron chi connectivity index (χ2n) is 22.1. The fourth-order valence-corrected chi connectivity index (χ4v) is 14.1. The van der Waals surface area contributed by atoms with Gasteiger partial charge in [0.1, 0.15) is 67.0 Å². The number of anilines is 3. The number of aryl methyl sites for hydroxylation is 1. The van der Waals surface area contributed by atoms with Crippen molar-refractivity contribution in [2.24, 2.45) is 5.73 Å². The average Bonchev–Trinajstić information content (AvgIpc) is 1.65. The summed E-state index contributed by atoms with van der Waals surface area (Å²) in [6, 6.07) is 0.530. The minimum absolute atomic E-state index is 0.0573. The number of phosphoric ester groups is 4. The molecule has 47 heteroatoms. The maximum Gasteiger partial charge on any atom is 0.351 e. The second kappa shape index (κ2) is 29.7. The Hall–Kier alpha value is -6.47. The van der Waals surface area contributed by atoms with Gasteiger partial charge in [0.2, 0.25) is 11.9 Å². The van der Waals surface area contributed by atoms with Crippen LogP contribution in [-0.2, 0) is 78.2 Å². The van der Waals surface area contributed by atoms with Crippen LogP contribution in [0.3, 0.4) is 0 Å². The van der Waals surface area contributed by atoms with Gasteiger partial charge in [-0.1, -0.05) is 12.8 Å². The van der Waals surface area contributed by atoms with Crippen LogP contribution in [0.1, 0.15) is 88.8 Å². The molecule has 10 rings (SSSR count). The molecule has 10 heterocycles. The Morgan fingerprint density at radius 1 is 0.653 bits per heavy atom. The van der Waals surface area contributed by atoms with Crippen molar-refractivity contribution in [2.75, 3.05) is 56.8 Å². The number of aliphatic hydroxyl groups excluding tert-OH is 1. The van der Waals surface area contributed by atoms with Crippen molar-refractivity contribution >= 4 is 77.1 Å². The standard InChI is InChI=1S/C48H69N17O26P4/c1-23-15-63(48(71)61-43(23)67)34-11-25(66)29(85-34)16-82-93(74,75)89-26-12-35(62-9-7-33(50)58-47(62)70)86-31(26)18-83-94(76,77)90-27-13-36(64-21-56-38-40(51)54-20-55-41(38)64)87-32(27)19-84-95(78,79)91-28-14-37(65-22-57-39-42(65)59-46(52)60-45(39)69)88-30(28)17-81-92(72,73)80-10-6-4-3-5-8-53-44(68)24(2)49/h7,9,15,20-22,24-32,34-37,66H,3-6,8,10-14,16-19,49H2,1-2H3,(H,53,68)(H,72,73)(H,74,75)(H,76,77)(H,78,79)(H2,50,58,70)(H2,51,54,55)(H,61,67,71)(H3,52,59,60,69)/p-4/t24-,25-,26-,27-,28-,29+,30+,31+,32+,34+,35+,36+,37+/m0/s1. The highest BCUT2D eigenvalue weighted by Crippen LogP contribution is 2.51. The lowest BCUT2D eigenvalue weighted by Gasteiger charge is -2.32. The minimum Gasteiger partial charge on any atom is -0.756 e. The fraction of sp³-hybridized carbons (Fsp3) is 0.604. The first-order valence-electron chi connectivity index (χ1n) is 29.1. The van der Waals surface area contributed by atoms with E-state index in [1.54, 1.807) is 0 Å². The number of carbonyl (C=O) groups is 1. The molecule has 43 nitrogen and oxygen atoms in total. The Morgan fingerprint density at radius 2 is 1.17 bits per heavy atom. The molecule has 6 aromatic rings. The number of aromatic nitrogens is 12. The average molecular weight is 1420 g/mol. The van der Waals surface area contributed by atoms with Crippen molar-refractivity contribution in [2.45, 2.75) is 145 Å². The van der Waals surface area contributed by atoms with Gasteiger partial charge < -0.3 is 108 Å². The van der Waals surface area contributed by atoms with Gasteiger partial charge in [0.05, 0.1) is 76.1 Å². The Bertz CT molecular complexity index is 4190. The molecular formula is C48H65N17O26P4-4. The van der Waals surface area contributed by atoms with Crippen LogP contribution in [0.4, 0.5) is 17.6 Å². The number of rotatable bonds is 31. The van der Waals surface area contributed by atoms with Crippen LogP contribution in [0, 0.1) is 6.92 Å². The van der Waals surface area contributed by atoms with Crippen molar-refractivity contribution < 1.29 is 103 Å². The van der Waals surface area contributed by atoms with Crippen molar-refractivity contribution in [3.8, 4) is 0 Å². The molecule has 0 aromatic carbocycles. The smallest absolute Gasteiger partial charge is 0.351 e. The molecule has 0 radical (unpaired) electrons. The third kappa shape index (κ3) is 17.8. The first kappa shape index (κ1) is 71.3. The molecule has 4 saturated heterocycles. The first-order valence-corrected chi connectivity index (χ1v) is 34.9. The number of carbonyl (C=O) groups excluding carboxylic acids is 1. The number of nitrogens with two attached hydrogens (primary N) is 4. The molecule has 4 aliphatic rings. The van der Waals surface area contributed by atoms with Gasteiger partial charge in [-0.05, 0) is 32.8 Å². The maximum absolute atomic E-state index is 14.0. The zero-order valence-corrected chi connectivity index (χ0v) is 53.7. The summed E-state index contributed by atoms with van der Waals surface area (Å²) < 4.78 is 125. The van der Waals surface area contributed by atoms with Crippen LogP contribution in [0.5, 0.6) is 0 Å². The number of imidazole rings is 2. The number of nitrogen functional groups attached to an aromatic ring is 3. The van der Waals surface area contributed by atoms with Crippen LogP contribution in [0.25, 0.3) is 22.3 Å². The zero-order chi connectivity index (χ0) is 68.3. The van der Waals surface area contributed by atoms with E-state index in [1.807, 2.05) is 0 Å². The minimum atomic E-state index is -5.73. The van der Waals surface area contributed by atoms with Gasteiger partial charge in [0, 0.05) is 50.2 Å². The number of fused-ring (bicyclic) bond motifs is 2. The molecule has 0 bridgehead atoms. The van der Waals surface area contributed by atoms with E-state index < -0.39 is 179 Å². The highest BCUT2D eigenvalue weighted by Gasteiger charge is 2.46. The van der Waals surface area contributed by atoms with E-state index in [9.17, 15) is 66.9 Å². The molecule has 12 N–H and O–H groups in total. The van der Waals surface area contributed by atoms with E-state index in [0.717, 1.165) is 28.0 Å². The maximum atomic E-state index is 14.0. The number of amides is 1. The number of hydrogen-bond donors (Lipinski definition) is 8. The third-order valence-electron chi connectivity index (χ3n) is 15.2. The molecular weight excluding hydrogens is 1350 g/mol. The largest absolute Gasteiger partial charge is 0.756 e. The lowest BCUT2D eigenvalue weighted by Crippen LogP contribution is -2.38. The van der Waals surface area contributed by atoms with Gasteiger partial charge in [-0.2, -0.15) is 9.97 Å². The monoisotopic (exact) mass is 1420 g/mol. The van der Waals surface area contributed by atoms with Crippen LogP contribution in [0.2, 0.25) is 0 Å². The van der Waals surface area contributed by atoms with E-state index in [2.05, 4.69) is 45.2 Å². The number of aliphatic hydroxyl groups is 1. The van der Waals surface area contributed by atoms with Gasteiger partial charge in [-0.15, -0.1) is 0 Å². The Kier molecular flexibility index (Phi) is 22.3. The van der Waals surface area contributed by atoms with Crippen LogP contribution >= 0.6 is 31.3 Å². The van der Waals surface area contributed by atoms with Crippen LogP contribution in [0.15, 0.2) is 56.6 Å². The molecule has 17 atom stereocenters. The summed E-state index contributed by atoms with van der Waals surface area (Å²) in [5.41, 5.74) is 19.8. The summed E-state index contributed by atoms with van der Waals surface area (Å²) in [7, 11) is -22.1. The second-order valence-corrected chi connectivity index (χ2v) is 27.6. The number of nitrogens with zero attached hydrogens (tertiary/aromatic N) is 10. The number of hydrogen-bond acceptors (Lipinski definition) is 36. The summed E-state index contributed by atoms with van der Waals surface area (Å²) in [5, 5.41) is 13.4. The van der Waals surface area contributed by atoms with Crippen molar-refractivity contribution in [3.05, 3.63) is 84.7 Å². The summed E-state index contributed by atoms with van der Waals surface area (Å²) in [6.07, 6.45) is -11.8. The molecule has 95 heavy (non-hydrogen) atoms. The van der Waals surface area contributed by atoms with Gasteiger partial charge in [-0.25, -0.2) is 29.5 Å². The summed E-state index contributed by atoms with van der Waals surface area (Å²) in [6.45, 7) is -0.958. The van der Waals surface area contributed by atoms with E-state index >= 15 is 0 Å². The molecule has 1 amide bonds. The van der Waals surface area contributed by atoms with Crippen molar-refractivity contribution in [1.82, 2.24) is 63.5 Å². The first-order chi connectivity index (χ1) is 44.9. The number of phosphoric acid groups is 4. The lowest BCUT2D eigenvalue weighted by molar-refractivity contribution is -0.238. The van der Waals surface area contributed by atoms with Gasteiger partial charge in [0.25, 0.3) is 42.4 Å². The van der Waals surface area contributed by atoms with Gasteiger partial charge in [0.15, 0.2) is 22.6 Å². The molecule has 4 fully saturated rings. The van der Waals surface area contributed by atoms with E-state index in [4.69, 9.17) is 78.1 Å². The van der Waals surface area contributed by atoms with E-state index in [1.165, 1.54) is 41.6 Å². The third-order valence-corrected chi connectivity index (χ3v) is 19.2. The van der Waals surface area contributed by atoms with Crippen LogP contribution < -0.4 is 70.3 Å². The Labute approximate surface area is 534 Å². The summed E-state index contributed by atoms with van der Waals surface area (Å²) >= 11 is 0. The molecule has 522 valence electrons. The van der Waals surface area contributed by atoms with Gasteiger partial charge >= 0.3 is 11.4 Å². The number of unbranched alkanes of at least 4 members (excludes halogenated alkanes) is 3. The molecule has 0 saturated carbocycles. The van der Waals surface area contributed by atoms with Crippen molar-refractivity contribution in [1.29, 1.82) is 0 Å². The quantitative estimate of drug-likeness (QED) is 0.0154. The Morgan fingerprint density at radius 3 is 1.75 bits per heavy atom. The molecule has 4 aliphatic heterocycles.